The maximum atomic E-state index is 13.3. The molecule has 3 amide bonds. The van der Waals surface area contributed by atoms with Crippen LogP contribution in [0, 0.1) is 0 Å². The van der Waals surface area contributed by atoms with Gasteiger partial charge in [-0.05, 0) is 62.7 Å². The molecule has 0 heterocycles. The number of amides is 3. The lowest BCUT2D eigenvalue weighted by Crippen LogP contribution is -2.56. The lowest BCUT2D eigenvalue weighted by atomic mass is 10.0. The molecule has 0 fully saturated rings. The monoisotopic (exact) mass is 529 g/mol. The average molecular weight is 530 g/mol. The molecule has 10 nitrogen and oxygen atoms in total. The second-order valence-corrected chi connectivity index (χ2v) is 9.01. The number of methoxy groups -OCH3 is 1. The Morgan fingerprint density at radius 3 is 2.00 bits per heavy atom. The van der Waals surface area contributed by atoms with Crippen molar-refractivity contribution in [3.63, 3.8) is 0 Å². The molecule has 0 aliphatic rings. The topological polar surface area (TPSA) is 160 Å². The first-order chi connectivity index (χ1) is 18.2. The van der Waals surface area contributed by atoms with E-state index in [1.165, 1.54) is 0 Å². The maximum Gasteiger partial charge on any atom is 0.243 e. The summed E-state index contributed by atoms with van der Waals surface area (Å²) in [7, 11) is 5.09. The molecule has 10 heteroatoms. The number of carbonyl (C=O) groups is 3. The van der Waals surface area contributed by atoms with Crippen molar-refractivity contribution in [2.45, 2.75) is 50.7 Å². The minimum absolute atomic E-state index is 0.150. The molecule has 0 aromatic heterocycles. The smallest absolute Gasteiger partial charge is 0.243 e. The molecule has 3 atom stereocenters. The second kappa shape index (κ2) is 17.9. The summed E-state index contributed by atoms with van der Waals surface area (Å²) in [5.74, 6) is -1.29. The second-order valence-electron chi connectivity index (χ2n) is 9.01. The van der Waals surface area contributed by atoms with Gasteiger partial charge in [-0.15, -0.1) is 0 Å². The Kier molecular flexibility index (Phi) is 15.3. The van der Waals surface area contributed by atoms with Crippen LogP contribution in [-0.2, 0) is 32.0 Å². The van der Waals surface area contributed by atoms with Crippen LogP contribution < -0.4 is 22.1 Å². The first kappa shape index (κ1) is 32.6. The van der Waals surface area contributed by atoms with Crippen molar-refractivity contribution in [3.8, 4) is 5.75 Å². The van der Waals surface area contributed by atoms with Crippen LogP contribution in [0.25, 0.3) is 0 Å². The van der Waals surface area contributed by atoms with Gasteiger partial charge in [0, 0.05) is 20.6 Å². The third-order valence-electron chi connectivity index (χ3n) is 5.97. The third-order valence-corrected chi connectivity index (χ3v) is 5.97. The van der Waals surface area contributed by atoms with Gasteiger partial charge in [-0.2, -0.15) is 0 Å². The summed E-state index contributed by atoms with van der Waals surface area (Å²) in [5, 5.41) is 15.1. The Bertz CT molecular complexity index is 971. The van der Waals surface area contributed by atoms with E-state index < -0.39 is 29.9 Å². The molecule has 2 rings (SSSR count). The van der Waals surface area contributed by atoms with Crippen LogP contribution in [0.4, 0.5) is 0 Å². The summed E-state index contributed by atoms with van der Waals surface area (Å²) in [6.07, 6.45) is 1.50. The highest BCUT2D eigenvalue weighted by Gasteiger charge is 2.29. The van der Waals surface area contributed by atoms with Crippen molar-refractivity contribution < 1.29 is 24.2 Å². The molecular formula is C28H43N5O5. The largest absolute Gasteiger partial charge is 0.508 e. The van der Waals surface area contributed by atoms with E-state index in [-0.39, 0.29) is 18.1 Å². The molecule has 0 bridgehead atoms. The number of hydrogen-bond acceptors (Lipinski definition) is 7. The summed E-state index contributed by atoms with van der Waals surface area (Å²) in [6, 6.07) is 13.6. The van der Waals surface area contributed by atoms with Gasteiger partial charge in [0.2, 0.25) is 17.7 Å². The maximum absolute atomic E-state index is 13.3. The normalized spacial score (nSPS) is 13.0. The van der Waals surface area contributed by atoms with Crippen molar-refractivity contribution in [3.05, 3.63) is 65.7 Å². The van der Waals surface area contributed by atoms with Crippen molar-refractivity contribution in [2.75, 3.05) is 34.4 Å². The van der Waals surface area contributed by atoms with Crippen LogP contribution in [0.2, 0.25) is 0 Å². The number of hydrogen-bond donors (Lipinski definition) is 5. The molecule has 0 aliphatic carbocycles. The van der Waals surface area contributed by atoms with Gasteiger partial charge in [-0.3, -0.25) is 19.3 Å². The number of rotatable bonds is 14. The number of carbonyl (C=O) groups excluding carboxylic acids is 3. The molecule has 210 valence electrons. The van der Waals surface area contributed by atoms with Crippen molar-refractivity contribution in [1.29, 1.82) is 0 Å². The fourth-order valence-electron chi connectivity index (χ4n) is 3.73. The minimum Gasteiger partial charge on any atom is -0.508 e. The van der Waals surface area contributed by atoms with E-state index in [0.29, 0.717) is 32.4 Å². The standard InChI is InChI=1S/C26H37N5O4.C2H6O/c1-3-31(2)23(17-19-11-13-20(32)14-12-19)26(35)29-21(10-7-15-27)25(34)30-22(24(28)33)16-18-8-5-4-6-9-18;1-3-2/h4-6,8-9,11-14,21-23,32H,3,7,10,15-17,27H2,1-2H3,(H2,28,33)(H,29,35)(H,30,34);1-2H3. The molecule has 2 aromatic carbocycles. The summed E-state index contributed by atoms with van der Waals surface area (Å²) < 4.78 is 4.25. The fraction of sp³-hybridized carbons (Fsp3) is 0.464. The lowest BCUT2D eigenvalue weighted by Gasteiger charge is -2.29. The number of benzene rings is 2. The van der Waals surface area contributed by atoms with E-state index in [1.807, 2.05) is 49.2 Å². The zero-order valence-electron chi connectivity index (χ0n) is 22.9. The van der Waals surface area contributed by atoms with Crippen molar-refractivity contribution >= 4 is 17.7 Å². The molecule has 0 spiro atoms. The quantitative estimate of drug-likeness (QED) is 0.244. The van der Waals surface area contributed by atoms with Crippen LogP contribution in [0.15, 0.2) is 54.6 Å². The van der Waals surface area contributed by atoms with E-state index in [2.05, 4.69) is 15.4 Å². The van der Waals surface area contributed by atoms with E-state index in [4.69, 9.17) is 11.5 Å². The van der Waals surface area contributed by atoms with Gasteiger partial charge >= 0.3 is 0 Å². The van der Waals surface area contributed by atoms with Gasteiger partial charge in [0.15, 0.2) is 0 Å². The van der Waals surface area contributed by atoms with Crippen LogP contribution in [-0.4, -0.2) is 80.2 Å². The first-order valence-electron chi connectivity index (χ1n) is 12.7. The van der Waals surface area contributed by atoms with E-state index >= 15 is 0 Å². The van der Waals surface area contributed by atoms with Crippen molar-refractivity contribution in [2.24, 2.45) is 11.5 Å². The molecular weight excluding hydrogens is 486 g/mol. The minimum atomic E-state index is -0.909. The van der Waals surface area contributed by atoms with Crippen LogP contribution >= 0.6 is 0 Å². The average Bonchev–Trinajstić information content (AvgIpc) is 2.90. The van der Waals surface area contributed by atoms with Gasteiger partial charge in [0.1, 0.15) is 17.8 Å². The Hall–Kier alpha value is -3.47. The summed E-state index contributed by atoms with van der Waals surface area (Å²) in [4.78, 5) is 40.4. The van der Waals surface area contributed by atoms with E-state index in [9.17, 15) is 19.5 Å². The zero-order chi connectivity index (χ0) is 28.5. The van der Waals surface area contributed by atoms with Crippen molar-refractivity contribution in [1.82, 2.24) is 15.5 Å². The lowest BCUT2D eigenvalue weighted by molar-refractivity contribution is -0.133. The van der Waals surface area contributed by atoms with E-state index in [0.717, 1.165) is 11.1 Å². The number of nitrogens with one attached hydrogen (secondary N) is 2. The van der Waals surface area contributed by atoms with Crippen LogP contribution in [0.5, 0.6) is 5.75 Å². The van der Waals surface area contributed by atoms with Gasteiger partial charge in [-0.25, -0.2) is 0 Å². The molecule has 3 unspecified atom stereocenters. The van der Waals surface area contributed by atoms with Crippen LogP contribution in [0.1, 0.15) is 30.9 Å². The highest BCUT2D eigenvalue weighted by Crippen LogP contribution is 2.14. The highest BCUT2D eigenvalue weighted by molar-refractivity contribution is 5.92. The molecule has 38 heavy (non-hydrogen) atoms. The highest BCUT2D eigenvalue weighted by atomic mass is 16.4. The summed E-state index contributed by atoms with van der Waals surface area (Å²) in [6.45, 7) is 2.92. The Morgan fingerprint density at radius 2 is 1.47 bits per heavy atom. The molecule has 0 saturated heterocycles. The number of aromatic hydroxyl groups is 1. The van der Waals surface area contributed by atoms with Gasteiger partial charge in [-0.1, -0.05) is 49.4 Å². The SMILES string of the molecule is CCN(C)C(Cc1ccc(O)cc1)C(=O)NC(CCCN)C(=O)NC(Cc1ccccc1)C(N)=O.COC. The number of likely N-dealkylation sites (N-methyl/N-ethyl adjacent to an activating group) is 1. The molecule has 0 radical (unpaired) electrons. The molecule has 0 aliphatic heterocycles. The number of nitrogens with zero attached hydrogens (tertiary/aromatic N) is 1. The predicted octanol–water partition coefficient (Wildman–Crippen LogP) is 0.954. The van der Waals surface area contributed by atoms with Gasteiger partial charge < -0.3 is 31.9 Å². The number of phenols is 1. The number of ether oxygens (including phenoxy) is 1. The van der Waals surface area contributed by atoms with Gasteiger partial charge in [0.25, 0.3) is 0 Å². The molecule has 0 saturated carbocycles. The fourth-order valence-corrected chi connectivity index (χ4v) is 3.73. The number of phenolic OH excluding ortho intramolecular Hbond substituents is 1. The van der Waals surface area contributed by atoms with Gasteiger partial charge in [0.05, 0.1) is 6.04 Å². The first-order valence-corrected chi connectivity index (χ1v) is 12.7. The number of nitrogens with two attached hydrogens (primary N) is 2. The molecule has 2 aromatic rings. The molecule has 7 N–H and O–H groups in total. The summed E-state index contributed by atoms with van der Waals surface area (Å²) in [5.41, 5.74) is 12.9. The zero-order valence-corrected chi connectivity index (χ0v) is 22.9. The Morgan fingerprint density at radius 1 is 0.921 bits per heavy atom. The predicted molar refractivity (Wildman–Crippen MR) is 148 cm³/mol. The van der Waals surface area contributed by atoms with Crippen LogP contribution in [0.3, 0.4) is 0 Å². The Balaban J connectivity index is 0.00000229. The number of primary amides is 1. The summed E-state index contributed by atoms with van der Waals surface area (Å²) >= 11 is 0. The Labute approximate surface area is 225 Å². The van der Waals surface area contributed by atoms with E-state index in [1.54, 1.807) is 38.5 Å². The third kappa shape index (κ3) is 11.7.